The Bertz CT molecular complexity index is 1670. The van der Waals surface area contributed by atoms with E-state index in [1.807, 2.05) is 6.07 Å². The zero-order valence-electron chi connectivity index (χ0n) is 22.8. The molecular formula is C29H32N6O5S. The fourth-order valence-electron chi connectivity index (χ4n) is 4.88. The molecule has 1 aliphatic carbocycles. The van der Waals surface area contributed by atoms with Crippen LogP contribution in [0.1, 0.15) is 32.1 Å². The SMILES string of the molecule is COc1cc(Nc2nc3ccccc3nc2NS(=O)(=O)c2cccc(NC(=O)CC3(N)CCCC3)c2)cc(OC)c1. The van der Waals surface area contributed by atoms with E-state index in [-0.39, 0.29) is 28.9 Å². The first-order valence-corrected chi connectivity index (χ1v) is 14.6. The van der Waals surface area contributed by atoms with E-state index in [1.54, 1.807) is 48.5 Å². The van der Waals surface area contributed by atoms with Crippen LogP contribution in [0.2, 0.25) is 0 Å². The van der Waals surface area contributed by atoms with Crippen LogP contribution >= 0.6 is 0 Å². The third-order valence-corrected chi connectivity index (χ3v) is 8.29. The molecule has 0 spiro atoms. The number of amides is 1. The lowest BCUT2D eigenvalue weighted by Gasteiger charge is -2.22. The quantitative estimate of drug-likeness (QED) is 0.208. The van der Waals surface area contributed by atoms with Gasteiger partial charge in [0.2, 0.25) is 5.91 Å². The minimum atomic E-state index is -4.13. The number of benzene rings is 3. The van der Waals surface area contributed by atoms with Gasteiger partial charge in [-0.1, -0.05) is 31.0 Å². The number of nitrogens with two attached hydrogens (primary N) is 1. The zero-order valence-corrected chi connectivity index (χ0v) is 23.6. The highest BCUT2D eigenvalue weighted by atomic mass is 32.2. The fraction of sp³-hybridized carbons (Fsp3) is 0.276. The Morgan fingerprint density at radius 3 is 2.15 bits per heavy atom. The summed E-state index contributed by atoms with van der Waals surface area (Å²) in [4.78, 5) is 21.8. The summed E-state index contributed by atoms with van der Waals surface area (Å²) in [7, 11) is -1.06. The van der Waals surface area contributed by atoms with Crippen molar-refractivity contribution in [3.8, 4) is 11.5 Å². The molecule has 0 bridgehead atoms. The molecule has 1 heterocycles. The molecule has 0 saturated heterocycles. The second-order valence-corrected chi connectivity index (χ2v) is 11.7. The van der Waals surface area contributed by atoms with E-state index in [1.165, 1.54) is 26.4 Å². The van der Waals surface area contributed by atoms with E-state index in [9.17, 15) is 13.2 Å². The van der Waals surface area contributed by atoms with Crippen LogP contribution in [0.4, 0.5) is 23.0 Å². The Kier molecular flexibility index (Phi) is 7.95. The molecule has 1 fully saturated rings. The first kappa shape index (κ1) is 28.1. The van der Waals surface area contributed by atoms with Gasteiger partial charge in [0, 0.05) is 41.5 Å². The number of hydrogen-bond acceptors (Lipinski definition) is 9. The van der Waals surface area contributed by atoms with Crippen molar-refractivity contribution < 1.29 is 22.7 Å². The number of sulfonamides is 1. The van der Waals surface area contributed by atoms with Gasteiger partial charge in [0.15, 0.2) is 11.6 Å². The monoisotopic (exact) mass is 576 g/mol. The fourth-order valence-corrected chi connectivity index (χ4v) is 5.94. The van der Waals surface area contributed by atoms with Crippen LogP contribution in [0.15, 0.2) is 71.6 Å². The van der Waals surface area contributed by atoms with Crippen LogP contribution < -0.4 is 30.6 Å². The molecule has 3 aromatic carbocycles. The smallest absolute Gasteiger partial charge is 0.263 e. The first-order valence-electron chi connectivity index (χ1n) is 13.1. The van der Waals surface area contributed by atoms with Crippen molar-refractivity contribution in [2.75, 3.05) is 29.6 Å². The van der Waals surface area contributed by atoms with Gasteiger partial charge in [0.05, 0.1) is 30.1 Å². The van der Waals surface area contributed by atoms with E-state index >= 15 is 0 Å². The van der Waals surface area contributed by atoms with Crippen LogP contribution in [0.3, 0.4) is 0 Å². The second-order valence-electron chi connectivity index (χ2n) is 10.1. The maximum atomic E-state index is 13.5. The number of anilines is 4. The average molecular weight is 577 g/mol. The molecular weight excluding hydrogens is 544 g/mol. The van der Waals surface area contributed by atoms with E-state index < -0.39 is 15.6 Å². The van der Waals surface area contributed by atoms with E-state index in [2.05, 4.69) is 25.3 Å². The molecule has 1 saturated carbocycles. The Morgan fingerprint density at radius 2 is 1.51 bits per heavy atom. The average Bonchev–Trinajstić information content (AvgIpc) is 3.38. The van der Waals surface area contributed by atoms with Gasteiger partial charge in [-0.2, -0.15) is 0 Å². The molecule has 41 heavy (non-hydrogen) atoms. The molecule has 1 aliphatic rings. The van der Waals surface area contributed by atoms with Gasteiger partial charge in [-0.05, 0) is 43.2 Å². The van der Waals surface area contributed by atoms with E-state index in [4.69, 9.17) is 15.2 Å². The van der Waals surface area contributed by atoms with Gasteiger partial charge in [0.1, 0.15) is 11.5 Å². The third-order valence-electron chi connectivity index (χ3n) is 6.96. The third kappa shape index (κ3) is 6.67. The minimum Gasteiger partial charge on any atom is -0.497 e. The van der Waals surface area contributed by atoms with Gasteiger partial charge in [0.25, 0.3) is 10.0 Å². The predicted octanol–water partition coefficient (Wildman–Crippen LogP) is 4.79. The molecule has 1 amide bonds. The maximum Gasteiger partial charge on any atom is 0.263 e. The van der Waals surface area contributed by atoms with Crippen molar-refractivity contribution in [3.63, 3.8) is 0 Å². The number of nitrogens with zero attached hydrogens (tertiary/aromatic N) is 2. The zero-order chi connectivity index (χ0) is 29.0. The van der Waals surface area contributed by atoms with Crippen molar-refractivity contribution in [2.24, 2.45) is 5.73 Å². The molecule has 4 aromatic rings. The molecule has 12 heteroatoms. The largest absolute Gasteiger partial charge is 0.497 e. The van der Waals surface area contributed by atoms with Crippen molar-refractivity contribution >= 4 is 50.0 Å². The summed E-state index contributed by atoms with van der Waals surface area (Å²) >= 11 is 0. The highest BCUT2D eigenvalue weighted by Gasteiger charge is 2.31. The van der Waals surface area contributed by atoms with Crippen molar-refractivity contribution in [3.05, 3.63) is 66.7 Å². The molecule has 214 valence electrons. The van der Waals surface area contributed by atoms with Crippen molar-refractivity contribution in [1.29, 1.82) is 0 Å². The number of rotatable bonds is 10. The summed E-state index contributed by atoms with van der Waals surface area (Å²) in [5.74, 6) is 0.991. The van der Waals surface area contributed by atoms with Crippen molar-refractivity contribution in [2.45, 2.75) is 42.5 Å². The molecule has 0 radical (unpaired) electrons. The van der Waals surface area contributed by atoms with Gasteiger partial charge >= 0.3 is 0 Å². The van der Waals surface area contributed by atoms with E-state index in [0.29, 0.717) is 33.9 Å². The van der Waals surface area contributed by atoms with Crippen LogP contribution in [-0.4, -0.2) is 44.1 Å². The molecule has 0 unspecified atom stereocenters. The summed E-state index contributed by atoms with van der Waals surface area (Å²) in [5.41, 5.74) is 7.80. The normalized spacial score (nSPS) is 14.4. The van der Waals surface area contributed by atoms with Crippen LogP contribution in [0, 0.1) is 0 Å². The highest BCUT2D eigenvalue weighted by Crippen LogP contribution is 2.32. The Morgan fingerprint density at radius 1 is 0.878 bits per heavy atom. The summed E-state index contributed by atoms with van der Waals surface area (Å²) in [5, 5.41) is 5.92. The summed E-state index contributed by atoms with van der Waals surface area (Å²) in [6, 6.07) is 18.3. The molecule has 0 aliphatic heterocycles. The standard InChI is InChI=1S/C29H32N6O5S/c1-39-21-14-20(15-22(17-21)40-2)32-27-28(34-25-11-4-3-10-24(25)33-27)35-41(37,38)23-9-7-8-19(16-23)31-26(36)18-29(30)12-5-6-13-29/h3-4,7-11,14-17H,5-6,12-13,18,30H2,1-2H3,(H,31,36)(H,32,33)(H,34,35). The molecule has 5 N–H and O–H groups in total. The molecule has 5 rings (SSSR count). The Labute approximate surface area is 238 Å². The lowest BCUT2D eigenvalue weighted by molar-refractivity contribution is -0.117. The number of fused-ring (bicyclic) bond motifs is 1. The number of aromatic nitrogens is 2. The molecule has 0 atom stereocenters. The van der Waals surface area contributed by atoms with Gasteiger partial charge in [-0.25, -0.2) is 18.4 Å². The van der Waals surface area contributed by atoms with Crippen LogP contribution in [-0.2, 0) is 14.8 Å². The van der Waals surface area contributed by atoms with Crippen LogP contribution in [0.5, 0.6) is 11.5 Å². The minimum absolute atomic E-state index is 0.00812. The number of ether oxygens (including phenoxy) is 2. The predicted molar refractivity (Wildman–Crippen MR) is 158 cm³/mol. The number of hydrogen-bond donors (Lipinski definition) is 4. The second kappa shape index (κ2) is 11.6. The summed E-state index contributed by atoms with van der Waals surface area (Å²) < 4.78 is 40.3. The highest BCUT2D eigenvalue weighted by molar-refractivity contribution is 7.92. The maximum absolute atomic E-state index is 13.5. The lowest BCUT2D eigenvalue weighted by atomic mass is 9.94. The Hall–Kier alpha value is -4.42. The van der Waals surface area contributed by atoms with Gasteiger partial charge in [-0.15, -0.1) is 0 Å². The van der Waals surface area contributed by atoms with Crippen molar-refractivity contribution in [1.82, 2.24) is 9.97 Å². The number of para-hydroxylation sites is 2. The summed E-state index contributed by atoms with van der Waals surface area (Å²) in [6.45, 7) is 0. The Balaban J connectivity index is 1.43. The summed E-state index contributed by atoms with van der Waals surface area (Å²) in [6.07, 6.45) is 3.78. The van der Waals surface area contributed by atoms with Crippen LogP contribution in [0.25, 0.3) is 11.0 Å². The lowest BCUT2D eigenvalue weighted by Crippen LogP contribution is -2.40. The topological polar surface area (TPSA) is 158 Å². The van der Waals surface area contributed by atoms with E-state index in [0.717, 1.165) is 25.7 Å². The molecule has 1 aromatic heterocycles. The number of carbonyl (C=O) groups is 1. The van der Waals surface area contributed by atoms with Gasteiger partial charge in [-0.3, -0.25) is 9.52 Å². The number of carbonyl (C=O) groups excluding carboxylic acids is 1. The molecule has 11 nitrogen and oxygen atoms in total. The number of methoxy groups -OCH3 is 2. The van der Waals surface area contributed by atoms with Gasteiger partial charge < -0.3 is 25.8 Å². The first-order chi connectivity index (χ1) is 19.7. The number of nitrogens with one attached hydrogen (secondary N) is 3.